The summed E-state index contributed by atoms with van der Waals surface area (Å²) in [5.74, 6) is 1.14. The molecule has 0 aromatic carbocycles. The van der Waals surface area contributed by atoms with E-state index in [-0.39, 0.29) is 0 Å². The highest BCUT2D eigenvalue weighted by Crippen LogP contribution is 2.31. The van der Waals surface area contributed by atoms with Crippen molar-refractivity contribution in [3.63, 3.8) is 0 Å². The largest absolute Gasteiger partial charge is 0.477 e. The molecule has 0 saturated carbocycles. The monoisotopic (exact) mass is 168 g/mol. The topological polar surface area (TPSA) is 15.7 Å². The Morgan fingerprint density at radius 2 is 2.00 bits per heavy atom. The molecule has 0 amide bonds. The van der Waals surface area contributed by atoms with Crippen LogP contribution in [0.15, 0.2) is 11.6 Å². The highest BCUT2D eigenvalue weighted by molar-refractivity contribution is 5.16. The maximum Gasteiger partial charge on any atom is 0.210 e. The molecule has 2 rings (SSSR count). The lowest BCUT2D eigenvalue weighted by atomic mass is 10.3. The number of rotatable bonds is 2. The van der Waals surface area contributed by atoms with Crippen molar-refractivity contribution < 1.29 is 4.74 Å². The predicted molar refractivity (Wildman–Crippen MR) is 47.2 cm³/mol. The molecule has 3 heteroatoms. The van der Waals surface area contributed by atoms with Crippen molar-refractivity contribution in [1.29, 1.82) is 0 Å². The Kier molecular flexibility index (Phi) is 1.87. The molecule has 12 heavy (non-hydrogen) atoms. The molecule has 0 N–H and O–H groups in total. The van der Waals surface area contributed by atoms with Crippen molar-refractivity contribution in [1.82, 2.24) is 9.80 Å². The first kappa shape index (κ1) is 7.77. The molecule has 0 aliphatic carbocycles. The molecule has 0 atom stereocenters. The normalized spacial score (nSPS) is 21.8. The van der Waals surface area contributed by atoms with Crippen LogP contribution >= 0.6 is 0 Å². The fraction of sp³-hybridized carbons (Fsp3) is 0.778. The Morgan fingerprint density at radius 1 is 1.25 bits per heavy atom. The van der Waals surface area contributed by atoms with Gasteiger partial charge in [0.05, 0.1) is 19.0 Å². The standard InChI is InChI=1S/C9H16N2O/c1-3-10-7-11(4-2)9-8(10)5-6-12-9/h3-7H2,1-2H3. The van der Waals surface area contributed by atoms with Gasteiger partial charge in [0.2, 0.25) is 5.88 Å². The third kappa shape index (κ3) is 0.958. The van der Waals surface area contributed by atoms with Crippen LogP contribution in [-0.2, 0) is 4.74 Å². The van der Waals surface area contributed by atoms with E-state index in [0.717, 1.165) is 38.7 Å². The molecule has 0 spiro atoms. The summed E-state index contributed by atoms with van der Waals surface area (Å²) in [6.07, 6.45) is 1.10. The third-order valence-corrected chi connectivity index (χ3v) is 2.60. The summed E-state index contributed by atoms with van der Waals surface area (Å²) in [5, 5.41) is 0. The van der Waals surface area contributed by atoms with E-state index in [1.165, 1.54) is 5.70 Å². The predicted octanol–water partition coefficient (Wildman–Crippen LogP) is 1.19. The van der Waals surface area contributed by atoms with Crippen LogP contribution < -0.4 is 0 Å². The molecule has 2 heterocycles. The quantitative estimate of drug-likeness (QED) is 0.616. The van der Waals surface area contributed by atoms with Crippen LogP contribution in [0.4, 0.5) is 0 Å². The van der Waals surface area contributed by atoms with E-state index in [1.807, 2.05) is 0 Å². The van der Waals surface area contributed by atoms with E-state index >= 15 is 0 Å². The van der Waals surface area contributed by atoms with Crippen LogP contribution in [0.5, 0.6) is 0 Å². The van der Waals surface area contributed by atoms with Crippen LogP contribution in [0.25, 0.3) is 0 Å². The molecule has 0 radical (unpaired) electrons. The van der Waals surface area contributed by atoms with E-state index in [9.17, 15) is 0 Å². The van der Waals surface area contributed by atoms with Gasteiger partial charge in [-0.1, -0.05) is 0 Å². The molecule has 0 aromatic heterocycles. The Labute approximate surface area is 73.6 Å². The molecule has 68 valence electrons. The number of hydrogen-bond donors (Lipinski definition) is 0. The first-order chi connectivity index (χ1) is 5.86. The zero-order valence-electron chi connectivity index (χ0n) is 7.84. The molecule has 3 nitrogen and oxygen atoms in total. The van der Waals surface area contributed by atoms with Gasteiger partial charge in [0.25, 0.3) is 0 Å². The first-order valence-corrected chi connectivity index (χ1v) is 4.72. The van der Waals surface area contributed by atoms with Crippen LogP contribution in [-0.4, -0.2) is 36.2 Å². The highest BCUT2D eigenvalue weighted by atomic mass is 16.5. The van der Waals surface area contributed by atoms with Gasteiger partial charge in [-0.25, -0.2) is 0 Å². The molecule has 0 bridgehead atoms. The highest BCUT2D eigenvalue weighted by Gasteiger charge is 2.31. The minimum absolute atomic E-state index is 0.873. The summed E-state index contributed by atoms with van der Waals surface area (Å²) in [5.41, 5.74) is 1.42. The lowest BCUT2D eigenvalue weighted by molar-refractivity contribution is 0.123. The molecule has 0 saturated heterocycles. The Morgan fingerprint density at radius 3 is 2.67 bits per heavy atom. The van der Waals surface area contributed by atoms with Crippen LogP contribution in [0.3, 0.4) is 0 Å². The van der Waals surface area contributed by atoms with Gasteiger partial charge >= 0.3 is 0 Å². The number of hydrogen-bond acceptors (Lipinski definition) is 3. The third-order valence-electron chi connectivity index (χ3n) is 2.60. The van der Waals surface area contributed by atoms with Crippen LogP contribution in [0.1, 0.15) is 20.3 Å². The second-order valence-electron chi connectivity index (χ2n) is 3.20. The summed E-state index contributed by atoms with van der Waals surface area (Å²) in [4.78, 5) is 4.69. The smallest absolute Gasteiger partial charge is 0.210 e. The van der Waals surface area contributed by atoms with E-state index in [4.69, 9.17) is 4.74 Å². The minimum Gasteiger partial charge on any atom is -0.477 e. The summed E-state index contributed by atoms with van der Waals surface area (Å²) < 4.78 is 5.58. The lowest BCUT2D eigenvalue weighted by Crippen LogP contribution is -2.29. The zero-order valence-corrected chi connectivity index (χ0v) is 7.84. The summed E-state index contributed by atoms with van der Waals surface area (Å²) >= 11 is 0. The van der Waals surface area contributed by atoms with E-state index < -0.39 is 0 Å². The van der Waals surface area contributed by atoms with Gasteiger partial charge in [-0.3, -0.25) is 0 Å². The van der Waals surface area contributed by atoms with Crippen molar-refractivity contribution in [2.45, 2.75) is 20.3 Å². The van der Waals surface area contributed by atoms with Gasteiger partial charge in [0.15, 0.2) is 0 Å². The molecule has 2 aliphatic heterocycles. The Balaban J connectivity index is 2.18. The molecule has 0 aromatic rings. The summed E-state index contributed by atoms with van der Waals surface area (Å²) in [6.45, 7) is 8.41. The second kappa shape index (κ2) is 2.88. The van der Waals surface area contributed by atoms with Gasteiger partial charge < -0.3 is 14.5 Å². The van der Waals surface area contributed by atoms with Crippen molar-refractivity contribution in [2.24, 2.45) is 0 Å². The Bertz CT molecular complexity index is 193. The SMILES string of the molecule is CCN1CN(CC)C2=C1CCO2. The van der Waals surface area contributed by atoms with Gasteiger partial charge in [-0.2, -0.15) is 0 Å². The van der Waals surface area contributed by atoms with Gasteiger partial charge in [-0.05, 0) is 13.8 Å². The van der Waals surface area contributed by atoms with Crippen molar-refractivity contribution in [3.8, 4) is 0 Å². The molecule has 0 fully saturated rings. The maximum absolute atomic E-state index is 5.58. The fourth-order valence-corrected chi connectivity index (χ4v) is 1.89. The van der Waals surface area contributed by atoms with Gasteiger partial charge in [-0.15, -0.1) is 0 Å². The molecule has 2 aliphatic rings. The van der Waals surface area contributed by atoms with Crippen LogP contribution in [0, 0.1) is 0 Å². The van der Waals surface area contributed by atoms with Gasteiger partial charge in [0, 0.05) is 19.5 Å². The number of nitrogens with zero attached hydrogens (tertiary/aromatic N) is 2. The van der Waals surface area contributed by atoms with Gasteiger partial charge in [0.1, 0.15) is 0 Å². The van der Waals surface area contributed by atoms with E-state index in [2.05, 4.69) is 23.6 Å². The lowest BCUT2D eigenvalue weighted by Gasteiger charge is -2.22. The fourth-order valence-electron chi connectivity index (χ4n) is 1.89. The molecular weight excluding hydrogens is 152 g/mol. The maximum atomic E-state index is 5.58. The van der Waals surface area contributed by atoms with Crippen molar-refractivity contribution in [2.75, 3.05) is 26.4 Å². The minimum atomic E-state index is 0.873. The zero-order chi connectivity index (χ0) is 8.55. The van der Waals surface area contributed by atoms with Crippen LogP contribution in [0.2, 0.25) is 0 Å². The second-order valence-corrected chi connectivity index (χ2v) is 3.20. The van der Waals surface area contributed by atoms with Crippen molar-refractivity contribution >= 4 is 0 Å². The Hall–Kier alpha value is -0.860. The average Bonchev–Trinajstić information content (AvgIpc) is 2.63. The van der Waals surface area contributed by atoms with E-state index in [1.54, 1.807) is 0 Å². The molecule has 0 unspecified atom stereocenters. The summed E-state index contributed by atoms with van der Waals surface area (Å²) in [7, 11) is 0. The van der Waals surface area contributed by atoms with E-state index in [0.29, 0.717) is 0 Å². The number of ether oxygens (including phenoxy) is 1. The first-order valence-electron chi connectivity index (χ1n) is 4.72. The average molecular weight is 168 g/mol. The summed E-state index contributed by atoms with van der Waals surface area (Å²) in [6, 6.07) is 0. The van der Waals surface area contributed by atoms with Crippen molar-refractivity contribution in [3.05, 3.63) is 11.6 Å². The molecular formula is C9H16N2O.